The van der Waals surface area contributed by atoms with E-state index in [0.717, 1.165) is 24.8 Å². The molecule has 9 heteroatoms. The first kappa shape index (κ1) is 28.2. The van der Waals surface area contributed by atoms with Crippen molar-refractivity contribution >= 4 is 21.9 Å². The molecule has 0 aromatic heterocycles. The molecule has 3 aliphatic carbocycles. The Kier molecular flexibility index (Phi) is 7.42. The lowest BCUT2D eigenvalue weighted by molar-refractivity contribution is -0.204. The minimum atomic E-state index is -4.15. The molecule has 0 heterocycles. The lowest BCUT2D eigenvalue weighted by atomic mass is 9.44. The smallest absolute Gasteiger partial charge is 0.333 e. The highest BCUT2D eigenvalue weighted by Crippen LogP contribution is 2.67. The third-order valence-corrected chi connectivity index (χ3v) is 11.6. The predicted octanol–water partition coefficient (Wildman–Crippen LogP) is 3.38. The monoisotopic (exact) mass is 535 g/mol. The van der Waals surface area contributed by atoms with Gasteiger partial charge in [0.15, 0.2) is 6.61 Å². The molecule has 2 bridgehead atoms. The van der Waals surface area contributed by atoms with Gasteiger partial charge in [-0.1, -0.05) is 45.4 Å². The van der Waals surface area contributed by atoms with Crippen molar-refractivity contribution in [3.05, 3.63) is 29.8 Å². The number of Topliss-reactive ketones (excluding diaryl/α,β-unsaturated/α-hetero) is 1. The van der Waals surface area contributed by atoms with Crippen molar-refractivity contribution in [3.63, 3.8) is 0 Å². The summed E-state index contributed by atoms with van der Waals surface area (Å²) >= 11 is 0. The number of rotatable bonds is 6. The average Bonchev–Trinajstić information content (AvgIpc) is 3.21. The summed E-state index contributed by atoms with van der Waals surface area (Å²) in [6, 6.07) is 6.14. The molecule has 8 atom stereocenters. The molecular formula is C28H41NO7S. The Balaban J connectivity index is 1.62. The number of benzene rings is 1. The minimum absolute atomic E-state index is 0.0486. The molecule has 0 amide bonds. The second-order valence-corrected chi connectivity index (χ2v) is 13.8. The Morgan fingerprint density at radius 1 is 1.16 bits per heavy atom. The van der Waals surface area contributed by atoms with Gasteiger partial charge in [-0.2, -0.15) is 8.42 Å². The second-order valence-electron chi connectivity index (χ2n) is 12.2. The molecule has 0 spiro atoms. The lowest BCUT2D eigenvalue weighted by Crippen LogP contribution is -2.63. The molecule has 1 aromatic rings. The SMILES string of the molecule is Cc1ccc(S(=O)(=O)OCC(=O)O[C@H]2C[C@]3(C)[C@H](C)CC[C@]4(CCC(=O)[C@@H]34)[C@@H](C)[C@H](O)[C@@]2(C)CN)cc1. The van der Waals surface area contributed by atoms with E-state index in [1.54, 1.807) is 12.1 Å². The van der Waals surface area contributed by atoms with Gasteiger partial charge >= 0.3 is 5.97 Å². The fourth-order valence-electron chi connectivity index (χ4n) is 7.62. The number of ether oxygens (including phenoxy) is 1. The van der Waals surface area contributed by atoms with E-state index in [9.17, 15) is 23.1 Å². The van der Waals surface area contributed by atoms with Crippen LogP contribution < -0.4 is 5.73 Å². The third-order valence-electron chi connectivity index (χ3n) is 10.3. The van der Waals surface area contributed by atoms with E-state index in [0.29, 0.717) is 12.8 Å². The van der Waals surface area contributed by atoms with Crippen LogP contribution in [0.1, 0.15) is 65.4 Å². The highest BCUT2D eigenvalue weighted by molar-refractivity contribution is 7.86. The predicted molar refractivity (Wildman–Crippen MR) is 138 cm³/mol. The van der Waals surface area contributed by atoms with Crippen molar-refractivity contribution < 1.29 is 32.0 Å². The number of carbonyl (C=O) groups excluding carboxylic acids is 2. The number of hydrogen-bond acceptors (Lipinski definition) is 8. The maximum absolute atomic E-state index is 13.3. The normalized spacial score (nSPS) is 40.0. The minimum Gasteiger partial charge on any atom is -0.460 e. The molecule has 3 saturated carbocycles. The number of aryl methyl sites for hydroxylation is 1. The van der Waals surface area contributed by atoms with Crippen molar-refractivity contribution in [1.29, 1.82) is 0 Å². The summed E-state index contributed by atoms with van der Waals surface area (Å²) in [7, 11) is -4.15. The van der Waals surface area contributed by atoms with E-state index in [2.05, 4.69) is 13.8 Å². The molecule has 4 rings (SSSR count). The first-order valence-corrected chi connectivity index (χ1v) is 14.7. The fraction of sp³-hybridized carbons (Fsp3) is 0.714. The van der Waals surface area contributed by atoms with E-state index < -0.39 is 45.7 Å². The number of aliphatic hydroxyl groups is 1. The van der Waals surface area contributed by atoms with Crippen LogP contribution in [0.15, 0.2) is 29.2 Å². The van der Waals surface area contributed by atoms with Crippen LogP contribution in [-0.4, -0.2) is 50.6 Å². The van der Waals surface area contributed by atoms with Crippen LogP contribution in [0, 0.1) is 40.9 Å². The van der Waals surface area contributed by atoms with Gasteiger partial charge in [0.05, 0.1) is 11.0 Å². The van der Waals surface area contributed by atoms with Crippen molar-refractivity contribution in [2.45, 2.75) is 83.8 Å². The topological polar surface area (TPSA) is 133 Å². The standard InChI is InChI=1S/C28H41NO7S/c1-17-6-8-20(9-7-17)37(33,34)35-15-23(31)36-22-14-26(4)18(2)10-12-28(13-11-21(30)24(26)28)19(3)25(32)27(22,5)16-29/h6-9,18-19,22,24-25,32H,10-16,29H2,1-5H3/t18-,19+,22+,24+,25+,26-,27+,28+/m1/s1. The zero-order chi connectivity index (χ0) is 27.4. The largest absolute Gasteiger partial charge is 0.460 e. The molecule has 206 valence electrons. The maximum atomic E-state index is 13.3. The van der Waals surface area contributed by atoms with E-state index in [-0.39, 0.29) is 40.4 Å². The molecule has 3 aliphatic rings. The van der Waals surface area contributed by atoms with Crippen molar-refractivity contribution in [3.8, 4) is 0 Å². The molecule has 0 radical (unpaired) electrons. The van der Waals surface area contributed by atoms with E-state index in [1.165, 1.54) is 12.1 Å². The van der Waals surface area contributed by atoms with Gasteiger partial charge in [0.25, 0.3) is 10.1 Å². The van der Waals surface area contributed by atoms with Crippen LogP contribution in [0.3, 0.4) is 0 Å². The molecule has 8 nitrogen and oxygen atoms in total. The lowest BCUT2D eigenvalue weighted by Gasteiger charge is -2.61. The van der Waals surface area contributed by atoms with Gasteiger partial charge in [0.1, 0.15) is 11.9 Å². The maximum Gasteiger partial charge on any atom is 0.333 e. The van der Waals surface area contributed by atoms with Gasteiger partial charge in [0.2, 0.25) is 0 Å². The summed E-state index contributed by atoms with van der Waals surface area (Å²) in [5, 5.41) is 11.7. The van der Waals surface area contributed by atoms with Gasteiger partial charge in [-0.05, 0) is 67.4 Å². The summed E-state index contributed by atoms with van der Waals surface area (Å²) in [5.74, 6) is -0.866. The van der Waals surface area contributed by atoms with E-state index >= 15 is 0 Å². The first-order valence-electron chi connectivity index (χ1n) is 13.3. The molecule has 3 fully saturated rings. The highest BCUT2D eigenvalue weighted by Gasteiger charge is 2.67. The quantitative estimate of drug-likeness (QED) is 0.418. The van der Waals surface area contributed by atoms with Crippen LogP contribution in [0.2, 0.25) is 0 Å². The van der Waals surface area contributed by atoms with Crippen LogP contribution in [0.25, 0.3) is 0 Å². The van der Waals surface area contributed by atoms with Crippen molar-refractivity contribution in [2.75, 3.05) is 13.2 Å². The molecule has 0 unspecified atom stereocenters. The molecular weight excluding hydrogens is 494 g/mol. The molecule has 0 aliphatic heterocycles. The van der Waals surface area contributed by atoms with E-state index in [4.69, 9.17) is 14.7 Å². The summed E-state index contributed by atoms with van der Waals surface area (Å²) in [6.07, 6.45) is 1.71. The first-order chi connectivity index (χ1) is 17.2. The molecule has 0 saturated heterocycles. The zero-order valence-electron chi connectivity index (χ0n) is 22.5. The van der Waals surface area contributed by atoms with E-state index in [1.807, 2.05) is 20.8 Å². The van der Waals surface area contributed by atoms with Crippen LogP contribution in [-0.2, 0) is 28.6 Å². The Bertz CT molecular complexity index is 1150. The van der Waals surface area contributed by atoms with Crippen molar-refractivity contribution in [1.82, 2.24) is 0 Å². The summed E-state index contributed by atoms with van der Waals surface area (Å²) in [4.78, 5) is 26.2. The molecule has 1 aromatic carbocycles. The Morgan fingerprint density at radius 2 is 1.81 bits per heavy atom. The summed E-state index contributed by atoms with van der Waals surface area (Å²) in [5.41, 5.74) is 5.42. The number of carbonyl (C=O) groups is 2. The van der Waals surface area contributed by atoms with Gasteiger partial charge in [-0.15, -0.1) is 0 Å². The van der Waals surface area contributed by atoms with Gasteiger partial charge in [0, 0.05) is 24.3 Å². The van der Waals surface area contributed by atoms with Gasteiger partial charge in [-0.3, -0.25) is 8.98 Å². The highest BCUT2D eigenvalue weighted by atomic mass is 32.2. The van der Waals surface area contributed by atoms with Crippen LogP contribution in [0.5, 0.6) is 0 Å². The number of esters is 1. The van der Waals surface area contributed by atoms with Gasteiger partial charge < -0.3 is 15.6 Å². The number of nitrogens with two attached hydrogens (primary N) is 1. The fourth-order valence-corrected chi connectivity index (χ4v) is 8.48. The Morgan fingerprint density at radius 3 is 2.43 bits per heavy atom. The van der Waals surface area contributed by atoms with Crippen LogP contribution >= 0.6 is 0 Å². The number of ketones is 1. The average molecular weight is 536 g/mol. The van der Waals surface area contributed by atoms with Crippen LogP contribution in [0.4, 0.5) is 0 Å². The Labute approximate surface area is 220 Å². The molecule has 3 N–H and O–H groups in total. The molecule has 37 heavy (non-hydrogen) atoms. The summed E-state index contributed by atoms with van der Waals surface area (Å²) in [6.45, 7) is 9.20. The van der Waals surface area contributed by atoms with Crippen molar-refractivity contribution in [2.24, 2.45) is 39.7 Å². The second kappa shape index (κ2) is 9.74. The van der Waals surface area contributed by atoms with Gasteiger partial charge in [-0.25, -0.2) is 4.79 Å². The summed E-state index contributed by atoms with van der Waals surface area (Å²) < 4.78 is 36.1. The zero-order valence-corrected chi connectivity index (χ0v) is 23.3. The Hall–Kier alpha value is -1.81. The number of hydrogen-bond donors (Lipinski definition) is 2. The third kappa shape index (κ3) is 4.56. The number of aliphatic hydroxyl groups excluding tert-OH is 1.